The minimum atomic E-state index is -0.116. The van der Waals surface area contributed by atoms with Crippen LogP contribution in [0.25, 0.3) is 0 Å². The topological polar surface area (TPSA) is 65.7 Å². The maximum Gasteiger partial charge on any atom is 0.230 e. The first kappa shape index (κ1) is 12.9. The minimum Gasteiger partial charge on any atom is -0.340 e. The molecule has 0 saturated heterocycles. The van der Waals surface area contributed by atoms with Gasteiger partial charge in [-0.25, -0.2) is 0 Å². The predicted octanol–water partition coefficient (Wildman–Crippen LogP) is 2.16. The van der Waals surface area contributed by atoms with E-state index >= 15 is 0 Å². The lowest BCUT2D eigenvalue weighted by atomic mass is 10.2. The van der Waals surface area contributed by atoms with Crippen LogP contribution in [-0.4, -0.2) is 28.0 Å². The van der Waals surface area contributed by atoms with Gasteiger partial charge in [0.25, 0.3) is 0 Å². The second-order valence-electron chi connectivity index (χ2n) is 3.24. The third kappa shape index (κ3) is 3.47. The normalized spacial score (nSPS) is 11.9. The number of rotatable bonds is 4. The van der Waals surface area contributed by atoms with Gasteiger partial charge in [0.2, 0.25) is 16.5 Å². The zero-order chi connectivity index (χ0) is 12.1. The van der Waals surface area contributed by atoms with E-state index in [0.29, 0.717) is 19.0 Å². The molecule has 16 heavy (non-hydrogen) atoms. The Labute approximate surface area is 104 Å². The maximum atomic E-state index is 8.75. The molecule has 0 aliphatic rings. The molecule has 0 saturated carbocycles. The van der Waals surface area contributed by atoms with Gasteiger partial charge in [-0.2, -0.15) is 20.2 Å². The van der Waals surface area contributed by atoms with Gasteiger partial charge in [-0.3, -0.25) is 0 Å². The fraction of sp³-hybridized carbons (Fsp3) is 0.556. The lowest BCUT2D eigenvalue weighted by molar-refractivity contribution is 0.669. The monoisotopic (exact) mass is 259 g/mol. The summed E-state index contributed by atoms with van der Waals surface area (Å²) >= 11 is 11.4. The fourth-order valence-electron chi connectivity index (χ4n) is 1.18. The van der Waals surface area contributed by atoms with Crippen LogP contribution in [0.5, 0.6) is 0 Å². The quantitative estimate of drug-likeness (QED) is 0.829. The van der Waals surface area contributed by atoms with E-state index in [1.165, 1.54) is 0 Å². The highest BCUT2D eigenvalue weighted by Crippen LogP contribution is 2.14. The average molecular weight is 260 g/mol. The molecular weight excluding hydrogens is 249 g/mol. The van der Waals surface area contributed by atoms with E-state index in [0.717, 1.165) is 0 Å². The van der Waals surface area contributed by atoms with E-state index < -0.39 is 0 Å². The molecule has 1 atom stereocenters. The third-order valence-electron chi connectivity index (χ3n) is 1.95. The van der Waals surface area contributed by atoms with Crippen LogP contribution in [0.2, 0.25) is 10.6 Å². The summed E-state index contributed by atoms with van der Waals surface area (Å²) in [5.41, 5.74) is 0. The van der Waals surface area contributed by atoms with Crippen LogP contribution in [0, 0.1) is 17.2 Å². The molecule has 1 heterocycles. The van der Waals surface area contributed by atoms with Crippen LogP contribution < -0.4 is 4.90 Å². The first-order valence-electron chi connectivity index (χ1n) is 4.78. The molecule has 86 valence electrons. The van der Waals surface area contributed by atoms with Gasteiger partial charge in [-0.15, -0.1) is 0 Å². The van der Waals surface area contributed by atoms with Crippen molar-refractivity contribution < 1.29 is 0 Å². The molecule has 0 aliphatic carbocycles. The predicted molar refractivity (Wildman–Crippen MR) is 62.5 cm³/mol. The Balaban J connectivity index is 2.91. The van der Waals surface area contributed by atoms with E-state index in [1.807, 2.05) is 18.7 Å². The number of anilines is 1. The molecule has 1 aromatic rings. The number of nitrogens with zero attached hydrogens (tertiary/aromatic N) is 5. The molecule has 1 unspecified atom stereocenters. The van der Waals surface area contributed by atoms with E-state index in [9.17, 15) is 0 Å². The first-order chi connectivity index (χ1) is 7.56. The summed E-state index contributed by atoms with van der Waals surface area (Å²) in [7, 11) is 0. The number of hydrogen-bond acceptors (Lipinski definition) is 5. The number of aromatic nitrogens is 3. The summed E-state index contributed by atoms with van der Waals surface area (Å²) in [6.07, 6.45) is 0. The second kappa shape index (κ2) is 5.83. The summed E-state index contributed by atoms with van der Waals surface area (Å²) in [5.74, 6) is 0.281. The Morgan fingerprint density at radius 1 is 1.31 bits per heavy atom. The molecule has 5 nitrogen and oxygen atoms in total. The van der Waals surface area contributed by atoms with Crippen molar-refractivity contribution in [3.05, 3.63) is 10.6 Å². The molecular formula is C9H11Cl2N5. The Morgan fingerprint density at radius 2 is 1.88 bits per heavy atom. The van der Waals surface area contributed by atoms with Crippen molar-refractivity contribution in [1.29, 1.82) is 5.26 Å². The highest BCUT2D eigenvalue weighted by atomic mass is 35.5. The summed E-state index contributed by atoms with van der Waals surface area (Å²) in [6, 6.07) is 2.15. The van der Waals surface area contributed by atoms with Gasteiger partial charge in [0.1, 0.15) is 0 Å². The van der Waals surface area contributed by atoms with Crippen LogP contribution in [0.4, 0.5) is 5.95 Å². The molecule has 0 amide bonds. The van der Waals surface area contributed by atoms with Gasteiger partial charge in [0.05, 0.1) is 12.0 Å². The van der Waals surface area contributed by atoms with Crippen LogP contribution in [0.1, 0.15) is 13.8 Å². The molecule has 7 heteroatoms. The molecule has 0 radical (unpaired) electrons. The van der Waals surface area contributed by atoms with Crippen LogP contribution in [0.15, 0.2) is 0 Å². The number of halogens is 2. The lowest BCUT2D eigenvalue weighted by Gasteiger charge is -2.21. The van der Waals surface area contributed by atoms with Crippen molar-refractivity contribution in [3.8, 4) is 6.07 Å². The van der Waals surface area contributed by atoms with E-state index in [2.05, 4.69) is 21.0 Å². The SMILES string of the molecule is CCN(CC(C)C#N)c1nc(Cl)nc(Cl)n1. The molecule has 0 spiro atoms. The standard InChI is InChI=1S/C9H11Cl2N5/c1-3-16(5-6(2)4-12)9-14-7(10)13-8(11)15-9/h6H,3,5H2,1-2H3. The Hall–Kier alpha value is -1.12. The third-order valence-corrected chi connectivity index (χ3v) is 2.29. The summed E-state index contributed by atoms with van der Waals surface area (Å²) in [5, 5.41) is 8.86. The molecule has 0 aliphatic heterocycles. The molecule has 0 bridgehead atoms. The maximum absolute atomic E-state index is 8.75. The van der Waals surface area contributed by atoms with Crippen molar-refractivity contribution >= 4 is 29.2 Å². The van der Waals surface area contributed by atoms with Crippen LogP contribution >= 0.6 is 23.2 Å². The molecule has 0 aromatic carbocycles. The van der Waals surface area contributed by atoms with E-state index in [1.54, 1.807) is 0 Å². The van der Waals surface area contributed by atoms with E-state index in [-0.39, 0.29) is 16.5 Å². The molecule has 0 fully saturated rings. The van der Waals surface area contributed by atoms with Crippen LogP contribution in [0.3, 0.4) is 0 Å². The van der Waals surface area contributed by atoms with Crippen LogP contribution in [-0.2, 0) is 0 Å². The summed E-state index contributed by atoms with van der Waals surface area (Å²) in [6.45, 7) is 4.97. The zero-order valence-corrected chi connectivity index (χ0v) is 10.5. The second-order valence-corrected chi connectivity index (χ2v) is 3.92. The Morgan fingerprint density at radius 3 is 2.31 bits per heavy atom. The highest BCUT2D eigenvalue weighted by molar-refractivity contribution is 6.31. The average Bonchev–Trinajstić information content (AvgIpc) is 2.24. The van der Waals surface area contributed by atoms with Gasteiger partial charge < -0.3 is 4.90 Å². The Kier molecular flexibility index (Phi) is 4.71. The fourth-order valence-corrected chi connectivity index (χ4v) is 1.54. The molecule has 1 rings (SSSR count). The Bertz CT molecular complexity index is 383. The van der Waals surface area contributed by atoms with E-state index in [4.69, 9.17) is 28.5 Å². The summed E-state index contributed by atoms with van der Waals surface area (Å²) in [4.78, 5) is 13.4. The minimum absolute atomic E-state index is 0.0538. The zero-order valence-electron chi connectivity index (χ0n) is 8.98. The number of nitriles is 1. The summed E-state index contributed by atoms with van der Waals surface area (Å²) < 4.78 is 0. The lowest BCUT2D eigenvalue weighted by Crippen LogP contribution is -2.29. The van der Waals surface area contributed by atoms with Gasteiger partial charge in [-0.1, -0.05) is 0 Å². The van der Waals surface area contributed by atoms with Gasteiger partial charge >= 0.3 is 0 Å². The largest absolute Gasteiger partial charge is 0.340 e. The smallest absolute Gasteiger partial charge is 0.230 e. The van der Waals surface area contributed by atoms with Crippen molar-refractivity contribution in [2.24, 2.45) is 5.92 Å². The van der Waals surface area contributed by atoms with Gasteiger partial charge in [0.15, 0.2) is 0 Å². The van der Waals surface area contributed by atoms with Gasteiger partial charge in [0, 0.05) is 13.1 Å². The molecule has 0 N–H and O–H groups in total. The highest BCUT2D eigenvalue weighted by Gasteiger charge is 2.13. The molecule has 1 aromatic heterocycles. The first-order valence-corrected chi connectivity index (χ1v) is 5.54. The van der Waals surface area contributed by atoms with Crippen molar-refractivity contribution in [2.45, 2.75) is 13.8 Å². The number of hydrogen-bond donors (Lipinski definition) is 0. The van der Waals surface area contributed by atoms with Crippen molar-refractivity contribution in [2.75, 3.05) is 18.0 Å². The van der Waals surface area contributed by atoms with Crippen molar-refractivity contribution in [3.63, 3.8) is 0 Å². The van der Waals surface area contributed by atoms with Gasteiger partial charge in [-0.05, 0) is 37.0 Å². The van der Waals surface area contributed by atoms with Crippen molar-refractivity contribution in [1.82, 2.24) is 15.0 Å².